The number of rotatable bonds is 6. The third-order valence-electron chi connectivity index (χ3n) is 3.60. The van der Waals surface area contributed by atoms with Gasteiger partial charge in [-0.25, -0.2) is 0 Å². The highest BCUT2D eigenvalue weighted by atomic mass is 35.5. The smallest absolute Gasteiger partial charge is 0.123 e. The molecule has 2 aromatic rings. The minimum Gasteiger partial charge on any atom is -0.496 e. The van der Waals surface area contributed by atoms with E-state index < -0.39 is 0 Å². The number of nitrogens with one attached hydrogen (secondary N) is 1. The monoisotopic (exact) mass is 303 g/mol. The molecule has 0 aliphatic heterocycles. The molecular formula is C18H22ClNO. The number of hydrogen-bond donors (Lipinski definition) is 1. The second-order valence-electron chi connectivity index (χ2n) is 5.36. The van der Waals surface area contributed by atoms with Gasteiger partial charge in [-0.15, -0.1) is 0 Å². The molecule has 2 atom stereocenters. The Labute approximate surface area is 132 Å². The molecule has 0 saturated heterocycles. The predicted octanol–water partition coefficient (Wildman–Crippen LogP) is 4.63. The van der Waals surface area contributed by atoms with Crippen LogP contribution in [0.4, 0.5) is 0 Å². The molecule has 3 heteroatoms. The Balaban J connectivity index is 1.98. The fourth-order valence-electron chi connectivity index (χ4n) is 2.57. The molecule has 0 aliphatic carbocycles. The zero-order chi connectivity index (χ0) is 15.2. The van der Waals surface area contributed by atoms with Gasteiger partial charge in [0.05, 0.1) is 7.11 Å². The predicted molar refractivity (Wildman–Crippen MR) is 89.2 cm³/mol. The van der Waals surface area contributed by atoms with Crippen molar-refractivity contribution >= 4 is 11.6 Å². The minimum atomic E-state index is 0.239. The summed E-state index contributed by atoms with van der Waals surface area (Å²) in [6.45, 7) is 4.36. The first-order valence-corrected chi connectivity index (χ1v) is 7.61. The zero-order valence-corrected chi connectivity index (χ0v) is 13.5. The Kier molecular flexibility index (Phi) is 5.66. The summed E-state index contributed by atoms with van der Waals surface area (Å²) in [5.74, 6) is 0.927. The highest BCUT2D eigenvalue weighted by molar-refractivity contribution is 6.30. The fraction of sp³-hybridized carbons (Fsp3) is 0.333. The van der Waals surface area contributed by atoms with Crippen LogP contribution in [0.2, 0.25) is 5.02 Å². The molecule has 0 heterocycles. The Morgan fingerprint density at radius 1 is 1.05 bits per heavy atom. The van der Waals surface area contributed by atoms with Crippen LogP contribution in [0.3, 0.4) is 0 Å². The Morgan fingerprint density at radius 2 is 1.71 bits per heavy atom. The van der Waals surface area contributed by atoms with E-state index in [1.54, 1.807) is 7.11 Å². The lowest BCUT2D eigenvalue weighted by Crippen LogP contribution is -2.30. The lowest BCUT2D eigenvalue weighted by atomic mass is 10.0. The van der Waals surface area contributed by atoms with Crippen molar-refractivity contribution in [3.05, 3.63) is 64.7 Å². The van der Waals surface area contributed by atoms with Crippen LogP contribution in [0, 0.1) is 0 Å². The van der Waals surface area contributed by atoms with Crippen molar-refractivity contribution in [2.24, 2.45) is 0 Å². The van der Waals surface area contributed by atoms with Crippen LogP contribution >= 0.6 is 11.6 Å². The normalized spacial score (nSPS) is 13.7. The Bertz CT molecular complexity index is 568. The molecule has 2 rings (SSSR count). The van der Waals surface area contributed by atoms with Crippen molar-refractivity contribution in [1.29, 1.82) is 0 Å². The van der Waals surface area contributed by atoms with Crippen molar-refractivity contribution in [3.8, 4) is 5.75 Å². The summed E-state index contributed by atoms with van der Waals surface area (Å²) in [5.41, 5.74) is 2.47. The number of ether oxygens (including phenoxy) is 1. The third-order valence-corrected chi connectivity index (χ3v) is 3.85. The van der Waals surface area contributed by atoms with Gasteiger partial charge in [-0.2, -0.15) is 0 Å². The van der Waals surface area contributed by atoms with Crippen LogP contribution in [-0.4, -0.2) is 13.2 Å². The van der Waals surface area contributed by atoms with Gasteiger partial charge in [0, 0.05) is 22.7 Å². The second kappa shape index (κ2) is 7.48. The van der Waals surface area contributed by atoms with Crippen LogP contribution < -0.4 is 10.1 Å². The summed E-state index contributed by atoms with van der Waals surface area (Å²) < 4.78 is 5.42. The molecular weight excluding hydrogens is 282 g/mol. The van der Waals surface area contributed by atoms with E-state index in [1.165, 1.54) is 11.1 Å². The van der Waals surface area contributed by atoms with Crippen molar-refractivity contribution in [2.75, 3.05) is 7.11 Å². The summed E-state index contributed by atoms with van der Waals surface area (Å²) in [5, 5.41) is 4.40. The van der Waals surface area contributed by atoms with Gasteiger partial charge in [-0.05, 0) is 44.0 Å². The molecule has 21 heavy (non-hydrogen) atoms. The standard InChI is InChI=1S/C18H22ClNO/c1-13(12-15-8-10-16(19)11-9-15)20-14(2)17-6-4-5-7-18(17)21-3/h4-11,13-14,20H,12H2,1-3H3. The SMILES string of the molecule is COc1ccccc1C(C)NC(C)Cc1ccc(Cl)cc1. The molecule has 0 aromatic heterocycles. The van der Waals surface area contributed by atoms with Crippen LogP contribution in [0.25, 0.3) is 0 Å². The van der Waals surface area contributed by atoms with Crippen molar-refractivity contribution in [1.82, 2.24) is 5.32 Å². The molecule has 0 spiro atoms. The molecule has 2 nitrogen and oxygen atoms in total. The van der Waals surface area contributed by atoms with Gasteiger partial charge >= 0.3 is 0 Å². The van der Waals surface area contributed by atoms with E-state index in [1.807, 2.05) is 30.3 Å². The van der Waals surface area contributed by atoms with E-state index in [9.17, 15) is 0 Å². The van der Waals surface area contributed by atoms with Gasteiger partial charge in [-0.3, -0.25) is 0 Å². The maximum absolute atomic E-state index is 5.92. The molecule has 0 radical (unpaired) electrons. The maximum Gasteiger partial charge on any atom is 0.123 e. The molecule has 0 amide bonds. The highest BCUT2D eigenvalue weighted by Gasteiger charge is 2.13. The van der Waals surface area contributed by atoms with Gasteiger partial charge in [-0.1, -0.05) is 41.9 Å². The topological polar surface area (TPSA) is 21.3 Å². The molecule has 2 unspecified atom stereocenters. The number of methoxy groups -OCH3 is 1. The van der Waals surface area contributed by atoms with Crippen molar-refractivity contribution in [3.63, 3.8) is 0 Å². The molecule has 0 fully saturated rings. The number of hydrogen-bond acceptors (Lipinski definition) is 2. The molecule has 112 valence electrons. The third kappa shape index (κ3) is 4.48. The second-order valence-corrected chi connectivity index (χ2v) is 5.80. The number of halogens is 1. The average molecular weight is 304 g/mol. The van der Waals surface area contributed by atoms with Crippen LogP contribution in [0.5, 0.6) is 5.75 Å². The molecule has 0 aliphatic rings. The Morgan fingerprint density at radius 3 is 2.38 bits per heavy atom. The van der Waals surface area contributed by atoms with Crippen LogP contribution in [-0.2, 0) is 6.42 Å². The Hall–Kier alpha value is -1.51. The maximum atomic E-state index is 5.92. The molecule has 2 aromatic carbocycles. The van der Waals surface area contributed by atoms with Crippen LogP contribution in [0.15, 0.2) is 48.5 Å². The first-order chi connectivity index (χ1) is 10.1. The summed E-state index contributed by atoms with van der Waals surface area (Å²) in [6, 6.07) is 16.8. The molecule has 0 saturated carbocycles. The van der Waals surface area contributed by atoms with E-state index in [0.717, 1.165) is 17.2 Å². The highest BCUT2D eigenvalue weighted by Crippen LogP contribution is 2.25. The van der Waals surface area contributed by atoms with Crippen molar-refractivity contribution < 1.29 is 4.74 Å². The van der Waals surface area contributed by atoms with E-state index >= 15 is 0 Å². The lowest BCUT2D eigenvalue weighted by molar-refractivity contribution is 0.395. The minimum absolute atomic E-state index is 0.239. The van der Waals surface area contributed by atoms with E-state index in [0.29, 0.717) is 6.04 Å². The number of para-hydroxylation sites is 1. The molecule has 1 N–H and O–H groups in total. The lowest BCUT2D eigenvalue weighted by Gasteiger charge is -2.22. The van der Waals surface area contributed by atoms with E-state index in [-0.39, 0.29) is 6.04 Å². The summed E-state index contributed by atoms with van der Waals surface area (Å²) >= 11 is 5.92. The largest absolute Gasteiger partial charge is 0.496 e. The van der Waals surface area contributed by atoms with Gasteiger partial charge in [0.25, 0.3) is 0 Å². The quantitative estimate of drug-likeness (QED) is 0.840. The van der Waals surface area contributed by atoms with Gasteiger partial charge in [0.1, 0.15) is 5.75 Å². The zero-order valence-electron chi connectivity index (χ0n) is 12.8. The summed E-state index contributed by atoms with van der Waals surface area (Å²) in [4.78, 5) is 0. The number of benzene rings is 2. The van der Waals surface area contributed by atoms with Crippen LogP contribution in [0.1, 0.15) is 31.0 Å². The van der Waals surface area contributed by atoms with Gasteiger partial charge in [0.15, 0.2) is 0 Å². The average Bonchev–Trinajstić information content (AvgIpc) is 2.49. The molecule has 0 bridgehead atoms. The summed E-state index contributed by atoms with van der Waals surface area (Å²) in [6.07, 6.45) is 0.969. The first-order valence-electron chi connectivity index (χ1n) is 7.23. The summed E-state index contributed by atoms with van der Waals surface area (Å²) in [7, 11) is 1.71. The van der Waals surface area contributed by atoms with E-state index in [4.69, 9.17) is 16.3 Å². The van der Waals surface area contributed by atoms with E-state index in [2.05, 4.69) is 37.4 Å². The van der Waals surface area contributed by atoms with Crippen molar-refractivity contribution in [2.45, 2.75) is 32.4 Å². The fourth-order valence-corrected chi connectivity index (χ4v) is 2.70. The first kappa shape index (κ1) is 15.9. The van der Waals surface area contributed by atoms with Gasteiger partial charge in [0.2, 0.25) is 0 Å². The van der Waals surface area contributed by atoms with Gasteiger partial charge < -0.3 is 10.1 Å².